The van der Waals surface area contributed by atoms with Gasteiger partial charge in [-0.05, 0) is 36.0 Å². The molecule has 0 aliphatic rings. The number of halogens is 2. The summed E-state index contributed by atoms with van der Waals surface area (Å²) in [5.41, 5.74) is 3.65. The first kappa shape index (κ1) is 23.4. The summed E-state index contributed by atoms with van der Waals surface area (Å²) in [4.78, 5) is 28.1. The third-order valence-electron chi connectivity index (χ3n) is 4.45. The van der Waals surface area contributed by atoms with Crippen LogP contribution in [0.4, 0.5) is 5.69 Å². The Morgan fingerprint density at radius 1 is 1.12 bits per heavy atom. The lowest BCUT2D eigenvalue weighted by Crippen LogP contribution is -2.18. The van der Waals surface area contributed by atoms with Gasteiger partial charge in [0.2, 0.25) is 5.16 Å². The highest BCUT2D eigenvalue weighted by atomic mass is 35.5. The van der Waals surface area contributed by atoms with Gasteiger partial charge in [-0.2, -0.15) is 5.10 Å². The molecule has 0 radical (unpaired) electrons. The lowest BCUT2D eigenvalue weighted by Gasteiger charge is -2.03. The van der Waals surface area contributed by atoms with Crippen molar-refractivity contribution in [1.29, 1.82) is 0 Å². The van der Waals surface area contributed by atoms with E-state index in [1.54, 1.807) is 12.1 Å². The van der Waals surface area contributed by atoms with Crippen molar-refractivity contribution in [2.24, 2.45) is 5.10 Å². The standard InChI is InChI=1S/C22H14Cl2N6O3S/c23-15-7-8-16(17(24)11-15)21(31)28-25-12-13-6-9-19(18(10-13)30(32)33)34-22-26-20(27-29-22)14-4-2-1-3-5-14/h1-12H,(H,28,31)(H,26,27,29)/b25-12-. The van der Waals surface area contributed by atoms with Gasteiger partial charge < -0.3 is 0 Å². The fourth-order valence-corrected chi connectivity index (χ4v) is 4.15. The molecule has 0 unspecified atom stereocenters. The van der Waals surface area contributed by atoms with E-state index in [4.69, 9.17) is 23.2 Å². The molecule has 0 spiro atoms. The van der Waals surface area contributed by atoms with Gasteiger partial charge in [-0.1, -0.05) is 59.6 Å². The second-order valence-electron chi connectivity index (χ2n) is 6.74. The topological polar surface area (TPSA) is 126 Å². The summed E-state index contributed by atoms with van der Waals surface area (Å²) >= 11 is 12.9. The van der Waals surface area contributed by atoms with Gasteiger partial charge in [0.15, 0.2) is 5.82 Å². The predicted molar refractivity (Wildman–Crippen MR) is 131 cm³/mol. The van der Waals surface area contributed by atoms with Crippen LogP contribution in [0.25, 0.3) is 11.4 Å². The van der Waals surface area contributed by atoms with Gasteiger partial charge >= 0.3 is 0 Å². The fraction of sp³-hybridized carbons (Fsp3) is 0. The van der Waals surface area contributed by atoms with Crippen molar-refractivity contribution in [3.8, 4) is 11.4 Å². The second kappa shape index (κ2) is 10.5. The Hall–Kier alpha value is -3.73. The summed E-state index contributed by atoms with van der Waals surface area (Å²) in [5.74, 6) is 0.0180. The van der Waals surface area contributed by atoms with Gasteiger partial charge in [0.1, 0.15) is 0 Å². The molecule has 9 nitrogen and oxygen atoms in total. The number of nitro benzene ring substituents is 1. The van der Waals surface area contributed by atoms with Crippen LogP contribution in [-0.2, 0) is 0 Å². The van der Waals surface area contributed by atoms with Crippen molar-refractivity contribution in [2.45, 2.75) is 10.1 Å². The number of hydrazone groups is 1. The van der Waals surface area contributed by atoms with Crippen LogP contribution in [0, 0.1) is 10.1 Å². The molecule has 0 aliphatic carbocycles. The molecule has 0 aliphatic heterocycles. The summed E-state index contributed by atoms with van der Waals surface area (Å²) in [6.07, 6.45) is 1.30. The van der Waals surface area contributed by atoms with E-state index in [1.807, 2.05) is 30.3 Å². The normalized spacial score (nSPS) is 11.0. The molecule has 1 aromatic heterocycles. The number of aromatic amines is 1. The van der Waals surface area contributed by atoms with E-state index >= 15 is 0 Å². The first-order chi connectivity index (χ1) is 16.4. The van der Waals surface area contributed by atoms with E-state index in [2.05, 4.69) is 25.7 Å². The van der Waals surface area contributed by atoms with Crippen molar-refractivity contribution >= 4 is 52.8 Å². The maximum Gasteiger partial charge on any atom is 0.283 e. The number of amides is 1. The third kappa shape index (κ3) is 5.60. The van der Waals surface area contributed by atoms with Crippen molar-refractivity contribution in [3.63, 3.8) is 0 Å². The van der Waals surface area contributed by atoms with Gasteiger partial charge in [-0.25, -0.2) is 10.4 Å². The molecule has 0 fully saturated rings. The number of carbonyl (C=O) groups is 1. The zero-order chi connectivity index (χ0) is 24.1. The van der Waals surface area contributed by atoms with E-state index < -0.39 is 10.8 Å². The number of H-pyrrole nitrogens is 1. The largest absolute Gasteiger partial charge is 0.283 e. The van der Waals surface area contributed by atoms with Gasteiger partial charge in [-0.3, -0.25) is 20.0 Å². The summed E-state index contributed by atoms with van der Waals surface area (Å²) in [5, 5.41) is 23.4. The molecule has 0 saturated heterocycles. The van der Waals surface area contributed by atoms with Crippen molar-refractivity contribution < 1.29 is 9.72 Å². The molecule has 34 heavy (non-hydrogen) atoms. The second-order valence-corrected chi connectivity index (χ2v) is 8.59. The molecule has 0 atom stereocenters. The highest BCUT2D eigenvalue weighted by Gasteiger charge is 2.18. The third-order valence-corrected chi connectivity index (χ3v) is 5.93. The maximum atomic E-state index is 12.2. The minimum absolute atomic E-state index is 0.146. The van der Waals surface area contributed by atoms with Gasteiger partial charge in [0.25, 0.3) is 11.6 Å². The quantitative estimate of drug-likeness (QED) is 0.188. The molecule has 2 N–H and O–H groups in total. The number of nitrogens with zero attached hydrogens (tertiary/aromatic N) is 4. The SMILES string of the molecule is O=C(N/N=C\c1ccc(Sc2n[nH]c(-c3ccccc3)n2)c([N+](=O)[O-])c1)c1ccc(Cl)cc1Cl. The van der Waals surface area contributed by atoms with Crippen LogP contribution in [0.15, 0.2) is 81.9 Å². The number of aromatic nitrogens is 3. The van der Waals surface area contributed by atoms with Crippen molar-refractivity contribution in [1.82, 2.24) is 20.6 Å². The molecule has 3 aromatic carbocycles. The van der Waals surface area contributed by atoms with Crippen LogP contribution in [0.2, 0.25) is 10.0 Å². The summed E-state index contributed by atoms with van der Waals surface area (Å²) < 4.78 is 0. The van der Waals surface area contributed by atoms with Crippen molar-refractivity contribution in [3.05, 3.63) is 98.0 Å². The van der Waals surface area contributed by atoms with Crippen LogP contribution < -0.4 is 5.43 Å². The Balaban J connectivity index is 1.48. The molecule has 12 heteroatoms. The summed E-state index contributed by atoms with van der Waals surface area (Å²) in [6, 6.07) is 18.4. The number of hydrogen-bond donors (Lipinski definition) is 2. The number of hydrogen-bond acceptors (Lipinski definition) is 7. The minimum Gasteiger partial charge on any atom is -0.267 e. The molecule has 4 rings (SSSR count). The molecular weight excluding hydrogens is 499 g/mol. The Morgan fingerprint density at radius 3 is 2.65 bits per heavy atom. The summed E-state index contributed by atoms with van der Waals surface area (Å²) in [6.45, 7) is 0. The zero-order valence-corrected chi connectivity index (χ0v) is 19.4. The smallest absolute Gasteiger partial charge is 0.267 e. The lowest BCUT2D eigenvalue weighted by molar-refractivity contribution is -0.387. The van der Waals surface area contributed by atoms with Crippen molar-refractivity contribution in [2.75, 3.05) is 0 Å². The predicted octanol–water partition coefficient (Wildman–Crippen LogP) is 5.60. The zero-order valence-electron chi connectivity index (χ0n) is 17.1. The molecule has 1 heterocycles. The van der Waals surface area contributed by atoms with E-state index in [-0.39, 0.29) is 16.3 Å². The highest BCUT2D eigenvalue weighted by Crippen LogP contribution is 2.34. The maximum absolute atomic E-state index is 12.2. The molecule has 0 bridgehead atoms. The van der Waals surface area contributed by atoms with Gasteiger partial charge in [0.05, 0.1) is 26.6 Å². The summed E-state index contributed by atoms with van der Waals surface area (Å²) in [7, 11) is 0. The van der Waals surface area contributed by atoms with E-state index in [1.165, 1.54) is 30.5 Å². The monoisotopic (exact) mass is 512 g/mol. The van der Waals surface area contributed by atoms with Gasteiger partial charge in [0, 0.05) is 22.2 Å². The Kier molecular flexibility index (Phi) is 7.21. The number of rotatable bonds is 7. The van der Waals surface area contributed by atoms with E-state index in [0.717, 1.165) is 17.3 Å². The lowest BCUT2D eigenvalue weighted by atomic mass is 10.2. The number of nitrogens with one attached hydrogen (secondary N) is 2. The average molecular weight is 513 g/mol. The minimum atomic E-state index is -0.543. The van der Waals surface area contributed by atoms with E-state index in [9.17, 15) is 14.9 Å². The Bertz CT molecular complexity index is 1390. The van der Waals surface area contributed by atoms with Crippen LogP contribution in [0.5, 0.6) is 0 Å². The fourth-order valence-electron chi connectivity index (χ4n) is 2.86. The Morgan fingerprint density at radius 2 is 1.91 bits per heavy atom. The number of nitro groups is 1. The number of carbonyl (C=O) groups excluding carboxylic acids is 1. The molecule has 1 amide bonds. The molecule has 0 saturated carbocycles. The highest BCUT2D eigenvalue weighted by molar-refractivity contribution is 7.99. The molecule has 4 aromatic rings. The Labute approximate surface area is 207 Å². The van der Waals surface area contributed by atoms with Gasteiger partial charge in [-0.15, -0.1) is 5.10 Å². The average Bonchev–Trinajstić information content (AvgIpc) is 3.29. The van der Waals surface area contributed by atoms with Crippen LogP contribution >= 0.6 is 35.0 Å². The van der Waals surface area contributed by atoms with Crippen LogP contribution in [-0.4, -0.2) is 32.2 Å². The first-order valence-electron chi connectivity index (χ1n) is 9.63. The van der Waals surface area contributed by atoms with Crippen LogP contribution in [0.3, 0.4) is 0 Å². The molecule has 170 valence electrons. The first-order valence-corrected chi connectivity index (χ1v) is 11.2. The molecular formula is C22H14Cl2N6O3S. The van der Waals surface area contributed by atoms with E-state index in [0.29, 0.717) is 26.5 Å². The van der Waals surface area contributed by atoms with Crippen LogP contribution in [0.1, 0.15) is 15.9 Å². The number of benzene rings is 3.